The van der Waals surface area contributed by atoms with Crippen LogP contribution in [0.1, 0.15) is 62.3 Å². The molecular formula is C44H40N2O2. The fraction of sp³-hybridized carbons (Fsp3) is 0.227. The summed E-state index contributed by atoms with van der Waals surface area (Å²) in [5.41, 5.74) is 14.0. The van der Waals surface area contributed by atoms with Crippen LogP contribution in [0.2, 0.25) is 0 Å². The highest BCUT2D eigenvalue weighted by atomic mass is 16.5. The van der Waals surface area contributed by atoms with E-state index in [1.165, 1.54) is 50.0 Å². The van der Waals surface area contributed by atoms with E-state index >= 15 is 0 Å². The van der Waals surface area contributed by atoms with Gasteiger partial charge in [-0.3, -0.25) is 4.57 Å². The predicted molar refractivity (Wildman–Crippen MR) is 199 cm³/mol. The van der Waals surface area contributed by atoms with E-state index in [4.69, 9.17) is 9.15 Å². The van der Waals surface area contributed by atoms with Crippen molar-refractivity contribution in [2.24, 2.45) is 0 Å². The van der Waals surface area contributed by atoms with Crippen LogP contribution in [-0.4, -0.2) is 10.7 Å². The number of fused-ring (bicyclic) bond motifs is 8. The predicted octanol–water partition coefficient (Wildman–Crippen LogP) is 11.9. The van der Waals surface area contributed by atoms with Gasteiger partial charge in [0.25, 0.3) is 0 Å². The maximum absolute atomic E-state index is 6.72. The van der Waals surface area contributed by atoms with Gasteiger partial charge in [-0.05, 0) is 110 Å². The lowest BCUT2D eigenvalue weighted by Gasteiger charge is -2.34. The minimum atomic E-state index is 0.0301. The molecule has 2 aromatic heterocycles. The van der Waals surface area contributed by atoms with E-state index in [0.717, 1.165) is 58.6 Å². The monoisotopic (exact) mass is 628 g/mol. The molecule has 1 aliphatic carbocycles. The zero-order chi connectivity index (χ0) is 32.7. The van der Waals surface area contributed by atoms with E-state index in [1.54, 1.807) is 0 Å². The molecule has 0 radical (unpaired) electrons. The van der Waals surface area contributed by atoms with Crippen LogP contribution in [0, 0.1) is 13.8 Å². The third-order valence-corrected chi connectivity index (χ3v) is 10.2. The Kier molecular flexibility index (Phi) is 6.42. The first-order valence-electron chi connectivity index (χ1n) is 17.2. The molecular weight excluding hydrogens is 588 g/mol. The van der Waals surface area contributed by atoms with Crippen molar-refractivity contribution < 1.29 is 9.15 Å². The molecule has 0 N–H and O–H groups in total. The maximum Gasteiger partial charge on any atom is 0.213 e. The largest absolute Gasteiger partial charge is 0.485 e. The summed E-state index contributed by atoms with van der Waals surface area (Å²) >= 11 is 0. The molecule has 3 heterocycles. The molecule has 7 aromatic rings. The standard InChI is InChI=1S/C44H40N2O2/c1-27-12-10-13-30(22-27)45(37-16-11-19-40-42(37)34-15-7-8-17-38(34)47-40)31-23-28(2)24-32(26-31)46-36-21-20-29(44(3,4)5)25-35(36)41-33-14-6-9-18-39(33)48-43(41)46/h6-10,12-15,17-18,20-26,40H,11,16,19H2,1-5H3. The van der Waals surface area contributed by atoms with Crippen LogP contribution in [0.25, 0.3) is 44.2 Å². The van der Waals surface area contributed by atoms with Crippen LogP contribution < -0.4 is 9.64 Å². The van der Waals surface area contributed by atoms with Crippen molar-refractivity contribution in [3.8, 4) is 11.4 Å². The summed E-state index contributed by atoms with van der Waals surface area (Å²) in [5.74, 6) is 0.992. The summed E-state index contributed by atoms with van der Waals surface area (Å²) in [6.45, 7) is 11.2. The van der Waals surface area contributed by atoms with E-state index in [2.05, 4.69) is 153 Å². The van der Waals surface area contributed by atoms with Crippen LogP contribution in [0.4, 0.5) is 11.4 Å². The van der Waals surface area contributed by atoms with Gasteiger partial charge in [0.05, 0.1) is 16.6 Å². The van der Waals surface area contributed by atoms with E-state index in [1.807, 2.05) is 0 Å². The number of nitrogens with zero attached hydrogens (tertiary/aromatic N) is 2. The first-order chi connectivity index (χ1) is 23.2. The molecule has 1 unspecified atom stereocenters. The molecule has 0 saturated carbocycles. The van der Waals surface area contributed by atoms with Crippen molar-refractivity contribution in [3.63, 3.8) is 0 Å². The molecule has 2 aliphatic rings. The summed E-state index contributed by atoms with van der Waals surface area (Å²) in [4.78, 5) is 2.50. The molecule has 238 valence electrons. The van der Waals surface area contributed by atoms with Crippen molar-refractivity contribution >= 4 is 49.9 Å². The first kappa shape index (κ1) is 29.0. The van der Waals surface area contributed by atoms with Crippen molar-refractivity contribution in [2.75, 3.05) is 4.90 Å². The van der Waals surface area contributed by atoms with Crippen molar-refractivity contribution in [3.05, 3.63) is 137 Å². The molecule has 9 rings (SSSR count). The van der Waals surface area contributed by atoms with Gasteiger partial charge in [-0.2, -0.15) is 0 Å². The molecule has 0 saturated heterocycles. The fourth-order valence-corrected chi connectivity index (χ4v) is 7.99. The Morgan fingerprint density at radius 2 is 1.56 bits per heavy atom. The van der Waals surface area contributed by atoms with E-state index in [0.29, 0.717) is 0 Å². The highest BCUT2D eigenvalue weighted by Gasteiger charge is 2.36. The number of ether oxygens (including phenoxy) is 1. The van der Waals surface area contributed by atoms with Crippen molar-refractivity contribution in [1.82, 2.24) is 4.57 Å². The molecule has 1 aliphatic heterocycles. The average Bonchev–Trinajstić information content (AvgIpc) is 3.73. The van der Waals surface area contributed by atoms with Gasteiger partial charge in [-0.15, -0.1) is 0 Å². The van der Waals surface area contributed by atoms with Crippen molar-refractivity contribution in [1.29, 1.82) is 0 Å². The van der Waals surface area contributed by atoms with Crippen LogP contribution >= 0.6 is 0 Å². The Balaban J connectivity index is 1.32. The van der Waals surface area contributed by atoms with Crippen LogP contribution in [0.15, 0.2) is 119 Å². The molecule has 4 nitrogen and oxygen atoms in total. The first-order valence-corrected chi connectivity index (χ1v) is 17.2. The minimum absolute atomic E-state index is 0.0301. The van der Waals surface area contributed by atoms with Gasteiger partial charge < -0.3 is 14.1 Å². The molecule has 0 amide bonds. The Labute approximate surface area is 281 Å². The molecule has 0 spiro atoms. The quantitative estimate of drug-likeness (QED) is 0.194. The summed E-state index contributed by atoms with van der Waals surface area (Å²) in [6.07, 6.45) is 3.17. The fourth-order valence-electron chi connectivity index (χ4n) is 7.99. The lowest BCUT2D eigenvalue weighted by molar-refractivity contribution is 0.255. The number of aryl methyl sites for hydroxylation is 2. The summed E-state index contributed by atoms with van der Waals surface area (Å²) in [6, 6.07) is 39.7. The summed E-state index contributed by atoms with van der Waals surface area (Å²) < 4.78 is 15.6. The maximum atomic E-state index is 6.72. The van der Waals surface area contributed by atoms with Crippen LogP contribution in [0.3, 0.4) is 0 Å². The molecule has 0 bridgehead atoms. The van der Waals surface area contributed by atoms with Gasteiger partial charge in [0.2, 0.25) is 5.71 Å². The lowest BCUT2D eigenvalue weighted by Crippen LogP contribution is -2.26. The molecule has 0 fully saturated rings. The highest BCUT2D eigenvalue weighted by Crippen LogP contribution is 2.49. The number of benzene rings is 5. The lowest BCUT2D eigenvalue weighted by atomic mass is 9.86. The second kappa shape index (κ2) is 10.6. The van der Waals surface area contributed by atoms with Gasteiger partial charge in [0.1, 0.15) is 17.4 Å². The third-order valence-electron chi connectivity index (χ3n) is 10.2. The zero-order valence-electron chi connectivity index (χ0n) is 28.3. The Hall–Kier alpha value is -5.22. The third kappa shape index (κ3) is 4.50. The normalized spacial score (nSPS) is 16.1. The Morgan fingerprint density at radius 3 is 2.42 bits per heavy atom. The molecule has 5 aromatic carbocycles. The van der Waals surface area contributed by atoms with E-state index in [9.17, 15) is 0 Å². The number of hydrogen-bond donors (Lipinski definition) is 0. The van der Waals surface area contributed by atoms with Crippen molar-refractivity contribution in [2.45, 2.75) is 65.4 Å². The molecule has 1 atom stereocenters. The number of furan rings is 1. The number of anilines is 2. The SMILES string of the molecule is Cc1cccc(N(C2=C3c4ccccc4OC3CCC2)c2cc(C)cc(-n3c4ccc(C(C)(C)C)cc4c4c5ccccc5oc43)c2)c1. The van der Waals surface area contributed by atoms with Gasteiger partial charge >= 0.3 is 0 Å². The summed E-state index contributed by atoms with van der Waals surface area (Å²) in [7, 11) is 0. The van der Waals surface area contributed by atoms with Gasteiger partial charge in [-0.25, -0.2) is 0 Å². The van der Waals surface area contributed by atoms with Gasteiger partial charge in [-0.1, -0.05) is 75.4 Å². The Morgan fingerprint density at radius 1 is 0.750 bits per heavy atom. The number of para-hydroxylation sites is 2. The van der Waals surface area contributed by atoms with E-state index < -0.39 is 0 Å². The highest BCUT2D eigenvalue weighted by molar-refractivity contribution is 6.20. The van der Waals surface area contributed by atoms with Crippen LogP contribution in [-0.2, 0) is 5.41 Å². The van der Waals surface area contributed by atoms with Gasteiger partial charge in [0.15, 0.2) is 0 Å². The van der Waals surface area contributed by atoms with E-state index in [-0.39, 0.29) is 11.5 Å². The number of aromatic nitrogens is 1. The number of allylic oxidation sites excluding steroid dienone is 1. The second-order valence-electron chi connectivity index (χ2n) is 14.7. The molecule has 4 heteroatoms. The number of rotatable bonds is 4. The summed E-state index contributed by atoms with van der Waals surface area (Å²) in [5, 5.41) is 3.54. The Bertz CT molecular complexity index is 2430. The molecule has 48 heavy (non-hydrogen) atoms. The topological polar surface area (TPSA) is 30.5 Å². The van der Waals surface area contributed by atoms with Crippen LogP contribution in [0.5, 0.6) is 5.75 Å². The average molecular weight is 629 g/mol. The zero-order valence-corrected chi connectivity index (χ0v) is 28.3. The smallest absolute Gasteiger partial charge is 0.213 e. The number of hydrogen-bond acceptors (Lipinski definition) is 3. The van der Waals surface area contributed by atoms with Gasteiger partial charge in [0, 0.05) is 39.0 Å². The minimum Gasteiger partial charge on any atom is -0.485 e. The second-order valence-corrected chi connectivity index (χ2v) is 14.7.